The molecule has 0 bridgehead atoms. The molecule has 2 rings (SSSR count). The number of nitrogens with one attached hydrogen (secondary N) is 1. The van der Waals surface area contributed by atoms with E-state index in [0.717, 1.165) is 0 Å². The highest BCUT2D eigenvalue weighted by Crippen LogP contribution is 2.17. The summed E-state index contributed by atoms with van der Waals surface area (Å²) in [5.41, 5.74) is 2.92. The van der Waals surface area contributed by atoms with E-state index in [0.29, 0.717) is 12.0 Å². The first-order valence-electron chi connectivity index (χ1n) is 6.58. The Morgan fingerprint density at radius 2 is 1.94 bits per heavy atom. The predicted octanol–water partition coefficient (Wildman–Crippen LogP) is 3.49. The van der Waals surface area contributed by atoms with E-state index in [1.54, 1.807) is 0 Å². The Morgan fingerprint density at radius 3 is 2.50 bits per heavy atom. The van der Waals surface area contributed by atoms with Crippen LogP contribution in [0.4, 0.5) is 0 Å². The van der Waals surface area contributed by atoms with Crippen molar-refractivity contribution < 1.29 is 0 Å². The molecule has 1 unspecified atom stereocenters. The molecule has 0 amide bonds. The molecule has 16 heavy (non-hydrogen) atoms. The summed E-state index contributed by atoms with van der Waals surface area (Å²) in [7, 11) is 0. The van der Waals surface area contributed by atoms with Gasteiger partial charge in [-0.2, -0.15) is 0 Å². The number of benzene rings is 1. The predicted molar refractivity (Wildman–Crippen MR) is 69.9 cm³/mol. The van der Waals surface area contributed by atoms with Crippen LogP contribution in [-0.4, -0.2) is 12.6 Å². The molecule has 1 saturated heterocycles. The van der Waals surface area contributed by atoms with Crippen LogP contribution in [0.5, 0.6) is 0 Å². The van der Waals surface area contributed by atoms with E-state index in [9.17, 15) is 0 Å². The second-order valence-corrected chi connectivity index (χ2v) is 5.25. The highest BCUT2D eigenvalue weighted by Gasteiger charge is 2.12. The van der Waals surface area contributed by atoms with Crippen molar-refractivity contribution >= 4 is 0 Å². The van der Waals surface area contributed by atoms with Crippen molar-refractivity contribution in [3.8, 4) is 0 Å². The van der Waals surface area contributed by atoms with E-state index in [2.05, 4.69) is 43.4 Å². The van der Waals surface area contributed by atoms with Crippen LogP contribution in [0.2, 0.25) is 0 Å². The number of piperidine rings is 1. The molecule has 1 nitrogen and oxygen atoms in total. The van der Waals surface area contributed by atoms with Crippen LogP contribution < -0.4 is 5.32 Å². The molecule has 1 aromatic carbocycles. The van der Waals surface area contributed by atoms with Gasteiger partial charge in [0, 0.05) is 6.04 Å². The lowest BCUT2D eigenvalue weighted by Crippen LogP contribution is -2.35. The quantitative estimate of drug-likeness (QED) is 0.817. The van der Waals surface area contributed by atoms with Gasteiger partial charge < -0.3 is 5.32 Å². The maximum absolute atomic E-state index is 3.60. The lowest BCUT2D eigenvalue weighted by molar-refractivity contribution is 0.399. The summed E-state index contributed by atoms with van der Waals surface area (Å²) in [4.78, 5) is 0. The summed E-state index contributed by atoms with van der Waals surface area (Å²) in [6.07, 6.45) is 5.27. The molecule has 1 heteroatoms. The molecule has 0 radical (unpaired) electrons. The maximum atomic E-state index is 3.60. The summed E-state index contributed by atoms with van der Waals surface area (Å²) in [6.45, 7) is 5.70. The van der Waals surface area contributed by atoms with Gasteiger partial charge in [-0.3, -0.25) is 0 Å². The van der Waals surface area contributed by atoms with Gasteiger partial charge in [-0.05, 0) is 42.9 Å². The van der Waals surface area contributed by atoms with E-state index in [1.165, 1.54) is 43.4 Å². The van der Waals surface area contributed by atoms with Gasteiger partial charge in [0.1, 0.15) is 0 Å². The molecule has 1 atom stereocenters. The second-order valence-electron chi connectivity index (χ2n) is 5.25. The van der Waals surface area contributed by atoms with Crippen molar-refractivity contribution in [1.29, 1.82) is 0 Å². The van der Waals surface area contributed by atoms with Gasteiger partial charge in [0.25, 0.3) is 0 Å². The largest absolute Gasteiger partial charge is 0.314 e. The number of rotatable bonds is 3. The second kappa shape index (κ2) is 5.49. The fraction of sp³-hybridized carbons (Fsp3) is 0.600. The van der Waals surface area contributed by atoms with E-state index in [1.807, 2.05) is 0 Å². The van der Waals surface area contributed by atoms with Crippen LogP contribution in [0.3, 0.4) is 0 Å². The smallest absolute Gasteiger partial charge is 0.0107 e. The van der Waals surface area contributed by atoms with Crippen LogP contribution in [-0.2, 0) is 6.42 Å². The molecule has 88 valence electrons. The normalized spacial score (nSPS) is 21.3. The molecule has 0 aliphatic carbocycles. The first-order valence-corrected chi connectivity index (χ1v) is 6.58. The minimum atomic E-state index is 0.641. The Kier molecular flexibility index (Phi) is 4.00. The summed E-state index contributed by atoms with van der Waals surface area (Å²) in [6, 6.07) is 9.86. The van der Waals surface area contributed by atoms with Crippen molar-refractivity contribution in [2.45, 2.75) is 51.5 Å². The molecule has 0 saturated carbocycles. The third-order valence-corrected chi connectivity index (χ3v) is 3.54. The van der Waals surface area contributed by atoms with Crippen LogP contribution >= 0.6 is 0 Å². The van der Waals surface area contributed by atoms with Crippen LogP contribution in [0.25, 0.3) is 0 Å². The average Bonchev–Trinajstić information content (AvgIpc) is 2.31. The van der Waals surface area contributed by atoms with Crippen molar-refractivity contribution in [2.24, 2.45) is 0 Å². The Morgan fingerprint density at radius 1 is 1.19 bits per heavy atom. The third-order valence-electron chi connectivity index (χ3n) is 3.54. The van der Waals surface area contributed by atoms with Crippen LogP contribution in [0, 0.1) is 0 Å². The van der Waals surface area contributed by atoms with Crippen LogP contribution in [0.15, 0.2) is 24.3 Å². The number of hydrogen-bond acceptors (Lipinski definition) is 1. The molecule has 1 N–H and O–H groups in total. The zero-order valence-electron chi connectivity index (χ0n) is 10.5. The van der Waals surface area contributed by atoms with Crippen molar-refractivity contribution in [2.75, 3.05) is 6.54 Å². The van der Waals surface area contributed by atoms with E-state index < -0.39 is 0 Å². The summed E-state index contributed by atoms with van der Waals surface area (Å²) in [5, 5.41) is 3.60. The summed E-state index contributed by atoms with van der Waals surface area (Å²) < 4.78 is 0. The Bertz CT molecular complexity index is 307. The third kappa shape index (κ3) is 3.08. The van der Waals surface area contributed by atoms with Gasteiger partial charge in [0.05, 0.1) is 0 Å². The standard InChI is InChI=1S/C15H23N/c1-12(2)14-8-6-13(7-9-14)11-15-5-3-4-10-16-15/h6-9,12,15-16H,3-5,10-11H2,1-2H3. The monoisotopic (exact) mass is 217 g/mol. The lowest BCUT2D eigenvalue weighted by atomic mass is 9.95. The molecule has 0 spiro atoms. The minimum Gasteiger partial charge on any atom is -0.314 e. The maximum Gasteiger partial charge on any atom is 0.0107 e. The Hall–Kier alpha value is -0.820. The van der Waals surface area contributed by atoms with Crippen molar-refractivity contribution in [1.82, 2.24) is 5.32 Å². The van der Waals surface area contributed by atoms with Crippen molar-refractivity contribution in [3.05, 3.63) is 35.4 Å². The molecular weight excluding hydrogens is 194 g/mol. The molecule has 1 fully saturated rings. The molecule has 1 aromatic rings. The fourth-order valence-electron chi connectivity index (χ4n) is 2.42. The van der Waals surface area contributed by atoms with Gasteiger partial charge in [0.2, 0.25) is 0 Å². The Balaban J connectivity index is 1.93. The fourth-order valence-corrected chi connectivity index (χ4v) is 2.42. The SMILES string of the molecule is CC(C)c1ccc(CC2CCCCN2)cc1. The molecule has 1 aliphatic rings. The summed E-state index contributed by atoms with van der Waals surface area (Å²) in [5.74, 6) is 0.641. The van der Waals surface area contributed by atoms with E-state index in [-0.39, 0.29) is 0 Å². The highest BCUT2D eigenvalue weighted by molar-refractivity contribution is 5.25. The van der Waals surface area contributed by atoms with Crippen LogP contribution in [0.1, 0.15) is 50.2 Å². The van der Waals surface area contributed by atoms with E-state index in [4.69, 9.17) is 0 Å². The van der Waals surface area contributed by atoms with Gasteiger partial charge in [0.15, 0.2) is 0 Å². The summed E-state index contributed by atoms with van der Waals surface area (Å²) >= 11 is 0. The zero-order chi connectivity index (χ0) is 11.4. The van der Waals surface area contributed by atoms with Gasteiger partial charge >= 0.3 is 0 Å². The minimum absolute atomic E-state index is 0.641. The first kappa shape index (κ1) is 11.7. The molecular formula is C15H23N. The first-order chi connectivity index (χ1) is 7.75. The average molecular weight is 217 g/mol. The van der Waals surface area contributed by atoms with Gasteiger partial charge in [-0.25, -0.2) is 0 Å². The highest BCUT2D eigenvalue weighted by atomic mass is 14.9. The van der Waals surface area contributed by atoms with E-state index >= 15 is 0 Å². The number of hydrogen-bond donors (Lipinski definition) is 1. The van der Waals surface area contributed by atoms with Gasteiger partial charge in [-0.1, -0.05) is 44.5 Å². The molecule has 0 aromatic heterocycles. The van der Waals surface area contributed by atoms with Gasteiger partial charge in [-0.15, -0.1) is 0 Å². The lowest BCUT2D eigenvalue weighted by Gasteiger charge is -2.23. The molecule has 1 aliphatic heterocycles. The van der Waals surface area contributed by atoms with Crippen molar-refractivity contribution in [3.63, 3.8) is 0 Å². The topological polar surface area (TPSA) is 12.0 Å². The Labute approximate surface area is 99.3 Å². The molecule has 1 heterocycles. The zero-order valence-corrected chi connectivity index (χ0v) is 10.5.